The number of nitrogens with two attached hydrogens (primary N) is 1. The normalized spacial score (nSPS) is 23.1. The molecule has 0 spiro atoms. The highest BCUT2D eigenvalue weighted by atomic mass is 16.3. The van der Waals surface area contributed by atoms with Crippen LogP contribution in [0.2, 0.25) is 0 Å². The number of hydrogen-bond donors (Lipinski definition) is 3. The van der Waals surface area contributed by atoms with Gasteiger partial charge >= 0.3 is 0 Å². The summed E-state index contributed by atoms with van der Waals surface area (Å²) in [4.78, 5) is 6.11. The molecule has 2 heterocycles. The monoisotopic (exact) mass is 209 g/mol. The summed E-state index contributed by atoms with van der Waals surface area (Å²) in [6.07, 6.45) is 1.19. The average Bonchev–Trinajstić information content (AvgIpc) is 2.65. The van der Waals surface area contributed by atoms with Crippen LogP contribution in [-0.2, 0) is 0 Å². The van der Waals surface area contributed by atoms with Gasteiger partial charge in [0.25, 0.3) is 0 Å². The summed E-state index contributed by atoms with van der Waals surface area (Å²) in [6.45, 7) is 1.49. The van der Waals surface area contributed by atoms with Crippen molar-refractivity contribution in [3.05, 3.63) is 24.0 Å². The molecular formula is C10H15N3O2. The molecule has 1 aromatic heterocycles. The molecule has 0 saturated carbocycles. The molecule has 0 bridgehead atoms. The van der Waals surface area contributed by atoms with Crippen LogP contribution < -0.4 is 10.6 Å². The minimum Gasteiger partial charge on any atom is -0.391 e. The van der Waals surface area contributed by atoms with Crippen molar-refractivity contribution >= 4 is 5.69 Å². The van der Waals surface area contributed by atoms with Crippen LogP contribution >= 0.6 is 0 Å². The summed E-state index contributed by atoms with van der Waals surface area (Å²) in [5.74, 6) is 0. The molecule has 1 aliphatic rings. The van der Waals surface area contributed by atoms with Crippen molar-refractivity contribution in [2.24, 2.45) is 5.73 Å². The smallest absolute Gasteiger partial charge is 0.145 e. The van der Waals surface area contributed by atoms with Gasteiger partial charge < -0.3 is 20.8 Å². The summed E-state index contributed by atoms with van der Waals surface area (Å²) in [6, 6.07) is 3.56. The fourth-order valence-electron chi connectivity index (χ4n) is 1.74. The van der Waals surface area contributed by atoms with Crippen LogP contribution in [0.25, 0.3) is 0 Å². The minimum absolute atomic E-state index is 0.246. The van der Waals surface area contributed by atoms with E-state index in [9.17, 15) is 5.11 Å². The lowest BCUT2D eigenvalue weighted by Crippen LogP contribution is -2.21. The van der Waals surface area contributed by atoms with E-state index in [-0.39, 0.29) is 6.10 Å². The number of pyridine rings is 1. The maximum atomic E-state index is 9.38. The third-order valence-corrected chi connectivity index (χ3v) is 2.60. The number of aliphatic hydroxyl groups excluding tert-OH is 2. The second-order valence-corrected chi connectivity index (χ2v) is 3.77. The number of β-amino-alcohol motifs (C(OH)–C–C–N with tert-alkyl or cyclic N) is 1. The Morgan fingerprint density at radius 3 is 2.80 bits per heavy atom. The molecule has 4 N–H and O–H groups in total. The van der Waals surface area contributed by atoms with Crippen LogP contribution in [0.15, 0.2) is 18.3 Å². The zero-order valence-electron chi connectivity index (χ0n) is 8.37. The van der Waals surface area contributed by atoms with E-state index in [1.807, 2.05) is 6.07 Å². The highest BCUT2D eigenvalue weighted by Crippen LogP contribution is 2.20. The summed E-state index contributed by atoms with van der Waals surface area (Å²) in [5, 5.41) is 18.5. The number of anilines is 1. The summed E-state index contributed by atoms with van der Waals surface area (Å²) >= 11 is 0. The lowest BCUT2D eigenvalue weighted by atomic mass is 10.3. The van der Waals surface area contributed by atoms with Gasteiger partial charge in [0, 0.05) is 13.1 Å². The lowest BCUT2D eigenvalue weighted by molar-refractivity contribution is 0.181. The van der Waals surface area contributed by atoms with E-state index in [1.165, 1.54) is 0 Å². The Labute approximate surface area is 88.2 Å². The summed E-state index contributed by atoms with van der Waals surface area (Å²) in [7, 11) is 0. The zero-order chi connectivity index (χ0) is 10.8. The van der Waals surface area contributed by atoms with Crippen molar-refractivity contribution in [1.82, 2.24) is 4.98 Å². The Kier molecular flexibility index (Phi) is 2.86. The molecule has 82 valence electrons. The molecule has 1 saturated heterocycles. The first kappa shape index (κ1) is 10.4. The summed E-state index contributed by atoms with van der Waals surface area (Å²) < 4.78 is 0. The molecular weight excluding hydrogens is 194 g/mol. The quantitative estimate of drug-likeness (QED) is 0.577. The van der Waals surface area contributed by atoms with Crippen LogP contribution in [0.5, 0.6) is 0 Å². The number of hydrogen-bond acceptors (Lipinski definition) is 5. The maximum absolute atomic E-state index is 9.38. The summed E-state index contributed by atoms with van der Waals surface area (Å²) in [5.41, 5.74) is 6.69. The van der Waals surface area contributed by atoms with Gasteiger partial charge in [-0.1, -0.05) is 0 Å². The van der Waals surface area contributed by atoms with Crippen molar-refractivity contribution in [3.8, 4) is 0 Å². The van der Waals surface area contributed by atoms with Gasteiger partial charge in [0.15, 0.2) is 0 Å². The van der Waals surface area contributed by atoms with Crippen LogP contribution in [0.3, 0.4) is 0 Å². The van der Waals surface area contributed by atoms with E-state index in [1.54, 1.807) is 12.3 Å². The molecule has 1 aliphatic heterocycles. The highest BCUT2D eigenvalue weighted by molar-refractivity contribution is 5.45. The molecule has 0 amide bonds. The van der Waals surface area contributed by atoms with Gasteiger partial charge in [0.1, 0.15) is 6.23 Å². The highest BCUT2D eigenvalue weighted by Gasteiger charge is 2.20. The van der Waals surface area contributed by atoms with Gasteiger partial charge in [-0.3, -0.25) is 4.98 Å². The average molecular weight is 209 g/mol. The van der Waals surface area contributed by atoms with Gasteiger partial charge in [-0.25, -0.2) is 0 Å². The van der Waals surface area contributed by atoms with Gasteiger partial charge in [-0.2, -0.15) is 0 Å². The van der Waals surface area contributed by atoms with Crippen LogP contribution in [0.1, 0.15) is 18.3 Å². The van der Waals surface area contributed by atoms with E-state index in [4.69, 9.17) is 10.8 Å². The number of nitrogens with zero attached hydrogens (tertiary/aromatic N) is 2. The van der Waals surface area contributed by atoms with Crippen molar-refractivity contribution in [2.75, 3.05) is 18.0 Å². The third kappa shape index (κ3) is 2.26. The van der Waals surface area contributed by atoms with Crippen molar-refractivity contribution in [3.63, 3.8) is 0 Å². The van der Waals surface area contributed by atoms with Crippen LogP contribution in [0.4, 0.5) is 5.69 Å². The lowest BCUT2D eigenvalue weighted by Gasteiger charge is -2.17. The molecule has 2 atom stereocenters. The molecule has 0 aliphatic carbocycles. The molecule has 2 rings (SSSR count). The van der Waals surface area contributed by atoms with Crippen LogP contribution in [0, 0.1) is 0 Å². The second kappa shape index (κ2) is 4.14. The standard InChI is InChI=1S/C10H15N3O2/c11-10(15)9-2-1-7(5-12-9)13-4-3-8(14)6-13/h1-2,5,8,10,14-15H,3-4,6,11H2. The topological polar surface area (TPSA) is 82.6 Å². The number of aliphatic hydroxyl groups is 2. The largest absolute Gasteiger partial charge is 0.391 e. The Morgan fingerprint density at radius 1 is 1.53 bits per heavy atom. The fraction of sp³-hybridized carbons (Fsp3) is 0.500. The first-order valence-corrected chi connectivity index (χ1v) is 4.99. The van der Waals surface area contributed by atoms with E-state index in [0.717, 1.165) is 18.7 Å². The Hall–Kier alpha value is -1.17. The van der Waals surface area contributed by atoms with Gasteiger partial charge in [0.2, 0.25) is 0 Å². The Morgan fingerprint density at radius 2 is 2.33 bits per heavy atom. The number of rotatable bonds is 2. The van der Waals surface area contributed by atoms with E-state index < -0.39 is 6.23 Å². The Bertz CT molecular complexity index is 326. The SMILES string of the molecule is NC(O)c1ccc(N2CCC(O)C2)cn1. The fourth-order valence-corrected chi connectivity index (χ4v) is 1.74. The molecule has 0 radical (unpaired) electrons. The first-order chi connectivity index (χ1) is 7.16. The maximum Gasteiger partial charge on any atom is 0.145 e. The van der Waals surface area contributed by atoms with Gasteiger partial charge in [-0.05, 0) is 18.6 Å². The predicted octanol–water partition coefficient (Wildman–Crippen LogP) is -0.398. The van der Waals surface area contributed by atoms with E-state index in [2.05, 4.69) is 9.88 Å². The predicted molar refractivity (Wildman–Crippen MR) is 56.2 cm³/mol. The van der Waals surface area contributed by atoms with Crippen molar-refractivity contribution < 1.29 is 10.2 Å². The minimum atomic E-state index is -1.02. The van der Waals surface area contributed by atoms with Crippen molar-refractivity contribution in [1.29, 1.82) is 0 Å². The van der Waals surface area contributed by atoms with E-state index in [0.29, 0.717) is 12.2 Å². The number of aromatic nitrogens is 1. The van der Waals surface area contributed by atoms with E-state index >= 15 is 0 Å². The molecule has 5 nitrogen and oxygen atoms in total. The van der Waals surface area contributed by atoms with Gasteiger partial charge in [-0.15, -0.1) is 0 Å². The molecule has 1 aromatic rings. The molecule has 1 fully saturated rings. The molecule has 15 heavy (non-hydrogen) atoms. The molecule has 2 unspecified atom stereocenters. The van der Waals surface area contributed by atoms with Crippen LogP contribution in [-0.4, -0.2) is 34.4 Å². The second-order valence-electron chi connectivity index (χ2n) is 3.77. The zero-order valence-corrected chi connectivity index (χ0v) is 8.37. The molecule has 0 aromatic carbocycles. The molecule has 5 heteroatoms. The Balaban J connectivity index is 2.10. The van der Waals surface area contributed by atoms with Crippen molar-refractivity contribution in [2.45, 2.75) is 18.8 Å². The first-order valence-electron chi connectivity index (χ1n) is 4.99. The third-order valence-electron chi connectivity index (χ3n) is 2.60. The van der Waals surface area contributed by atoms with Gasteiger partial charge in [0.05, 0.1) is 23.7 Å².